The van der Waals surface area contributed by atoms with E-state index in [0.29, 0.717) is 0 Å². The number of sulfonamides is 1. The zero-order chi connectivity index (χ0) is 19.1. The molecule has 138 valence electrons. The van der Waals surface area contributed by atoms with Crippen LogP contribution in [0.2, 0.25) is 10.0 Å². The van der Waals surface area contributed by atoms with Crippen molar-refractivity contribution >= 4 is 49.6 Å². The van der Waals surface area contributed by atoms with Crippen LogP contribution >= 0.6 is 23.2 Å². The molecule has 4 N–H and O–H groups in total. The van der Waals surface area contributed by atoms with E-state index < -0.39 is 38.4 Å². The third kappa shape index (κ3) is 9.79. The predicted octanol–water partition coefficient (Wildman–Crippen LogP) is -0.350. The monoisotopic (exact) mass is 425 g/mol. The summed E-state index contributed by atoms with van der Waals surface area (Å²) in [6.07, 6.45) is -0.543. The molecule has 0 unspecified atom stereocenters. The van der Waals surface area contributed by atoms with Gasteiger partial charge in [-0.15, -0.1) is 0 Å². The van der Waals surface area contributed by atoms with Crippen LogP contribution in [0.5, 0.6) is 0 Å². The molecule has 0 saturated carbocycles. The van der Waals surface area contributed by atoms with E-state index in [1.54, 1.807) is 0 Å². The quantitative estimate of drug-likeness (QED) is 0.529. The van der Waals surface area contributed by atoms with Gasteiger partial charge in [-0.3, -0.25) is 14.1 Å². The lowest BCUT2D eigenvalue weighted by molar-refractivity contribution is -0.134. The molecule has 0 aromatic carbocycles. The Bertz CT molecular complexity index is 850. The Balaban J connectivity index is 0.000000754. The number of nitrogens with zero attached hydrogens (tertiary/aromatic N) is 1. The number of primary sulfonamides is 1. The van der Waals surface area contributed by atoms with Crippen LogP contribution in [0.3, 0.4) is 0 Å². The molecule has 15 heteroatoms. The van der Waals surface area contributed by atoms with E-state index in [1.807, 2.05) is 5.10 Å². The molecule has 0 amide bonds. The molecule has 0 saturated heterocycles. The number of hydrogen-bond donors (Lipinski definition) is 3. The number of H-pyrrole nitrogens is 1. The van der Waals surface area contributed by atoms with Gasteiger partial charge in [0.15, 0.2) is 0 Å². The SMILES string of the molecule is CCS(N)(=O)=O.O=C(CCc1n[nH]c(=O)c(Cl)c1Cl)OS(=O)(=O)O. The number of aryl methyl sites for hydroxylation is 1. The number of aromatic amines is 1. The number of carbonyl (C=O) groups excluding carboxylic acids is 1. The van der Waals surface area contributed by atoms with Gasteiger partial charge in [-0.2, -0.15) is 13.5 Å². The molecule has 0 aliphatic heterocycles. The fourth-order valence-electron chi connectivity index (χ4n) is 0.988. The van der Waals surface area contributed by atoms with E-state index >= 15 is 0 Å². The Morgan fingerprint density at radius 2 is 1.79 bits per heavy atom. The van der Waals surface area contributed by atoms with Crippen LogP contribution in [-0.4, -0.2) is 43.3 Å². The molecule has 1 heterocycles. The summed E-state index contributed by atoms with van der Waals surface area (Å²) in [7, 11) is -8.00. The number of carbonyl (C=O) groups is 1. The zero-order valence-electron chi connectivity index (χ0n) is 12.0. The standard InChI is InChI=1S/C7H6Cl2N2O6S.C2H7NO2S/c8-5-3(10-11-7(13)6(5)9)1-2-4(12)17-18(14,15)16;1-2-6(3,4)5/h1-2H2,(H,11,13)(H,14,15,16);2H2,1H3,(H2,3,4,5). The average Bonchev–Trinajstić information content (AvgIpc) is 2.42. The highest BCUT2D eigenvalue weighted by Crippen LogP contribution is 2.20. The molecule has 0 aliphatic carbocycles. The van der Waals surface area contributed by atoms with Crippen molar-refractivity contribution in [2.45, 2.75) is 19.8 Å². The van der Waals surface area contributed by atoms with Crippen molar-refractivity contribution in [1.82, 2.24) is 10.2 Å². The van der Waals surface area contributed by atoms with Crippen LogP contribution in [0, 0.1) is 0 Å². The molecule has 1 rings (SSSR count). The van der Waals surface area contributed by atoms with Gasteiger partial charge in [-0.25, -0.2) is 18.7 Å². The minimum Gasteiger partial charge on any atom is -0.325 e. The second-order valence-corrected chi connectivity index (χ2v) is 7.64. The van der Waals surface area contributed by atoms with Crippen LogP contribution in [0.4, 0.5) is 0 Å². The van der Waals surface area contributed by atoms with Crippen molar-refractivity contribution in [2.75, 3.05) is 5.75 Å². The molecular formula is C9H13Cl2N3O8S2. The van der Waals surface area contributed by atoms with Crippen LogP contribution in [-0.2, 0) is 35.8 Å². The maximum absolute atomic E-state index is 11.0. The fourth-order valence-corrected chi connectivity index (χ4v) is 1.68. The smallest absolute Gasteiger partial charge is 0.325 e. The Morgan fingerprint density at radius 1 is 1.29 bits per heavy atom. The lowest BCUT2D eigenvalue weighted by Crippen LogP contribution is -2.15. The second kappa shape index (κ2) is 9.29. The van der Waals surface area contributed by atoms with E-state index in [9.17, 15) is 26.4 Å². The van der Waals surface area contributed by atoms with E-state index in [0.717, 1.165) is 0 Å². The third-order valence-corrected chi connectivity index (χ3v) is 4.17. The minimum absolute atomic E-state index is 0.0208. The molecule has 0 radical (unpaired) electrons. The van der Waals surface area contributed by atoms with Crippen molar-refractivity contribution in [3.63, 3.8) is 0 Å². The largest absolute Gasteiger partial charge is 0.448 e. The van der Waals surface area contributed by atoms with E-state index in [1.165, 1.54) is 6.92 Å². The fraction of sp³-hybridized carbons (Fsp3) is 0.444. The number of nitrogens with one attached hydrogen (secondary N) is 1. The predicted molar refractivity (Wildman–Crippen MR) is 84.5 cm³/mol. The normalized spacial score (nSPS) is 11.4. The average molecular weight is 426 g/mol. The summed E-state index contributed by atoms with van der Waals surface area (Å²) in [5.74, 6) is -1.18. The van der Waals surface area contributed by atoms with Crippen LogP contribution in [0.15, 0.2) is 4.79 Å². The Kier molecular flexibility index (Phi) is 8.81. The highest BCUT2D eigenvalue weighted by Gasteiger charge is 2.16. The van der Waals surface area contributed by atoms with Crippen LogP contribution in [0.25, 0.3) is 0 Å². The van der Waals surface area contributed by atoms with Gasteiger partial charge in [0.25, 0.3) is 5.56 Å². The summed E-state index contributed by atoms with van der Waals surface area (Å²) in [5.41, 5.74) is -0.598. The Hall–Kier alpha value is -1.25. The molecule has 1 aromatic rings. The third-order valence-electron chi connectivity index (χ3n) is 2.10. The molecule has 0 aliphatic rings. The van der Waals surface area contributed by atoms with E-state index in [4.69, 9.17) is 27.8 Å². The molecule has 0 atom stereocenters. The van der Waals surface area contributed by atoms with Gasteiger partial charge >= 0.3 is 16.4 Å². The van der Waals surface area contributed by atoms with Crippen molar-refractivity contribution in [1.29, 1.82) is 0 Å². The second-order valence-electron chi connectivity index (χ2n) is 3.96. The maximum atomic E-state index is 11.0. The van der Waals surface area contributed by atoms with Gasteiger partial charge in [-0.05, 0) is 6.92 Å². The van der Waals surface area contributed by atoms with Crippen LogP contribution < -0.4 is 10.7 Å². The first-order valence-corrected chi connectivity index (χ1v) is 9.73. The number of nitrogens with two attached hydrogens (primary N) is 1. The van der Waals surface area contributed by atoms with Gasteiger partial charge in [0, 0.05) is 6.42 Å². The maximum Gasteiger partial charge on any atom is 0.448 e. The lowest BCUT2D eigenvalue weighted by Gasteiger charge is -2.03. The highest BCUT2D eigenvalue weighted by atomic mass is 35.5. The first-order valence-electron chi connectivity index (χ1n) is 5.89. The van der Waals surface area contributed by atoms with Crippen molar-refractivity contribution in [3.8, 4) is 0 Å². The van der Waals surface area contributed by atoms with Crippen molar-refractivity contribution in [3.05, 3.63) is 26.1 Å². The van der Waals surface area contributed by atoms with Gasteiger partial charge in [-0.1, -0.05) is 23.2 Å². The molecule has 24 heavy (non-hydrogen) atoms. The summed E-state index contributed by atoms with van der Waals surface area (Å²) >= 11 is 11.2. The van der Waals surface area contributed by atoms with Crippen molar-refractivity contribution in [2.24, 2.45) is 5.14 Å². The summed E-state index contributed by atoms with van der Waals surface area (Å²) < 4.78 is 51.9. The van der Waals surface area contributed by atoms with Gasteiger partial charge in [0.05, 0.1) is 22.9 Å². The molecule has 1 aromatic heterocycles. The van der Waals surface area contributed by atoms with Crippen LogP contribution in [0.1, 0.15) is 19.0 Å². The summed E-state index contributed by atoms with van der Waals surface area (Å²) in [4.78, 5) is 21.9. The molecule has 11 nitrogen and oxygen atoms in total. The number of rotatable bonds is 5. The zero-order valence-corrected chi connectivity index (χ0v) is 15.2. The first-order chi connectivity index (χ1) is 10.8. The molecule has 0 bridgehead atoms. The molecule has 0 fully saturated rings. The first kappa shape index (κ1) is 22.8. The molecular weight excluding hydrogens is 413 g/mol. The lowest BCUT2D eigenvalue weighted by atomic mass is 10.2. The summed E-state index contributed by atoms with van der Waals surface area (Å²) in [5, 5.41) is 9.65. The Labute approximate surface area is 147 Å². The summed E-state index contributed by atoms with van der Waals surface area (Å²) in [6, 6.07) is 0. The Morgan fingerprint density at radius 3 is 2.21 bits per heavy atom. The highest BCUT2D eigenvalue weighted by molar-refractivity contribution is 7.89. The minimum atomic E-state index is -4.84. The number of halogens is 2. The van der Waals surface area contributed by atoms with Gasteiger partial charge < -0.3 is 4.18 Å². The number of hydrogen-bond acceptors (Lipinski definition) is 8. The topological polar surface area (TPSA) is 187 Å². The van der Waals surface area contributed by atoms with E-state index in [-0.39, 0.29) is 27.9 Å². The molecule has 0 spiro atoms. The van der Waals surface area contributed by atoms with Gasteiger partial charge in [0.1, 0.15) is 5.02 Å². The van der Waals surface area contributed by atoms with E-state index in [2.05, 4.69) is 14.4 Å². The summed E-state index contributed by atoms with van der Waals surface area (Å²) in [6.45, 7) is 1.50. The van der Waals surface area contributed by atoms with Gasteiger partial charge in [0.2, 0.25) is 10.0 Å². The van der Waals surface area contributed by atoms with Crippen molar-refractivity contribution < 1.29 is 30.4 Å². The number of aromatic nitrogens is 2.